The van der Waals surface area contributed by atoms with E-state index in [4.69, 9.17) is 16.0 Å². The molecule has 154 valence electrons. The third-order valence-electron chi connectivity index (χ3n) is 5.14. The smallest absolute Gasteiger partial charge is 0.276 e. The van der Waals surface area contributed by atoms with Crippen molar-refractivity contribution in [1.82, 2.24) is 9.78 Å². The Bertz CT molecular complexity index is 1280. The second-order valence-electron chi connectivity index (χ2n) is 7.14. The van der Waals surface area contributed by atoms with Crippen molar-refractivity contribution in [3.05, 3.63) is 95.2 Å². The fraction of sp³-hybridized carbons (Fsp3) is 0.0870. The van der Waals surface area contributed by atoms with Crippen molar-refractivity contribution in [3.63, 3.8) is 0 Å². The summed E-state index contributed by atoms with van der Waals surface area (Å²) < 4.78 is 6.61. The normalized spacial score (nSPS) is 12.6. The molecule has 0 radical (unpaired) electrons. The van der Waals surface area contributed by atoms with Crippen LogP contribution in [0.5, 0.6) is 0 Å². The molecule has 2 aromatic carbocycles. The predicted octanol–water partition coefficient (Wildman–Crippen LogP) is 4.57. The van der Waals surface area contributed by atoms with E-state index < -0.39 is 0 Å². The minimum absolute atomic E-state index is 0.101. The number of benzene rings is 2. The average Bonchev–Trinajstić information content (AvgIpc) is 3.53. The Labute approximate surface area is 182 Å². The van der Waals surface area contributed by atoms with Gasteiger partial charge in [-0.1, -0.05) is 17.7 Å². The molecule has 8 heteroatoms. The quantitative estimate of drug-likeness (QED) is 0.512. The fourth-order valence-electron chi connectivity index (χ4n) is 3.64. The minimum atomic E-state index is -0.315. The molecule has 0 fully saturated rings. The molecule has 1 aliphatic heterocycles. The molecule has 1 aliphatic rings. The minimum Gasteiger partial charge on any atom is -0.472 e. The van der Waals surface area contributed by atoms with Crippen molar-refractivity contribution in [2.24, 2.45) is 0 Å². The van der Waals surface area contributed by atoms with Crippen molar-refractivity contribution in [3.8, 4) is 5.69 Å². The monoisotopic (exact) mass is 432 g/mol. The van der Waals surface area contributed by atoms with E-state index in [1.807, 2.05) is 24.3 Å². The highest BCUT2D eigenvalue weighted by Gasteiger charge is 2.26. The summed E-state index contributed by atoms with van der Waals surface area (Å²) in [5.41, 5.74) is 4.07. The van der Waals surface area contributed by atoms with Crippen molar-refractivity contribution in [1.29, 1.82) is 0 Å². The number of carbonyl (C=O) groups is 2. The Hall–Kier alpha value is -3.84. The topological polar surface area (TPSA) is 80.4 Å². The molecule has 0 unspecified atom stereocenters. The Morgan fingerprint density at radius 1 is 1.10 bits per heavy atom. The molecule has 0 bridgehead atoms. The van der Waals surface area contributed by atoms with Gasteiger partial charge in [-0.3, -0.25) is 9.59 Å². The lowest BCUT2D eigenvalue weighted by atomic mass is 10.1. The number of furan rings is 1. The molecule has 0 saturated heterocycles. The summed E-state index contributed by atoms with van der Waals surface area (Å²) >= 11 is 6.03. The van der Waals surface area contributed by atoms with Gasteiger partial charge < -0.3 is 14.6 Å². The average molecular weight is 433 g/mol. The standard InChI is InChI=1S/C23H17ClN4O3/c24-17-2-1-3-19(13-17)28-10-7-20(26-28)22(29)25-18-4-5-21-15(12-18)6-9-27(21)23(30)16-8-11-31-14-16/h1-5,7-8,10-14H,6,9H2,(H,25,29). The fourth-order valence-corrected chi connectivity index (χ4v) is 3.82. The first-order chi connectivity index (χ1) is 15.1. The lowest BCUT2D eigenvalue weighted by Gasteiger charge is -2.16. The third-order valence-corrected chi connectivity index (χ3v) is 5.38. The van der Waals surface area contributed by atoms with Gasteiger partial charge in [0.2, 0.25) is 0 Å². The Morgan fingerprint density at radius 2 is 2.00 bits per heavy atom. The van der Waals surface area contributed by atoms with Crippen LogP contribution in [0.3, 0.4) is 0 Å². The van der Waals surface area contributed by atoms with Crippen LogP contribution in [0, 0.1) is 0 Å². The van der Waals surface area contributed by atoms with Crippen LogP contribution in [0.25, 0.3) is 5.69 Å². The van der Waals surface area contributed by atoms with Gasteiger partial charge in [0.1, 0.15) is 6.26 Å². The molecular formula is C23H17ClN4O3. The van der Waals surface area contributed by atoms with Gasteiger partial charge in [-0.25, -0.2) is 4.68 Å². The number of nitrogens with zero attached hydrogens (tertiary/aromatic N) is 3. The Morgan fingerprint density at radius 3 is 2.81 bits per heavy atom. The van der Waals surface area contributed by atoms with E-state index in [9.17, 15) is 9.59 Å². The summed E-state index contributed by atoms with van der Waals surface area (Å²) in [5.74, 6) is -0.416. The molecule has 31 heavy (non-hydrogen) atoms. The van der Waals surface area contributed by atoms with Crippen molar-refractivity contribution < 1.29 is 14.0 Å². The number of fused-ring (bicyclic) bond motifs is 1. The summed E-state index contributed by atoms with van der Waals surface area (Å²) in [7, 11) is 0. The highest BCUT2D eigenvalue weighted by molar-refractivity contribution is 6.30. The van der Waals surface area contributed by atoms with Gasteiger partial charge in [0.05, 0.1) is 17.5 Å². The molecule has 2 aromatic heterocycles. The highest BCUT2D eigenvalue weighted by Crippen LogP contribution is 2.32. The van der Waals surface area contributed by atoms with Gasteiger partial charge in [0.15, 0.2) is 5.69 Å². The van der Waals surface area contributed by atoms with E-state index in [0.717, 1.165) is 16.9 Å². The van der Waals surface area contributed by atoms with Crippen molar-refractivity contribution >= 4 is 34.8 Å². The molecule has 5 rings (SSSR count). The molecule has 0 saturated carbocycles. The van der Waals surface area contributed by atoms with E-state index in [0.29, 0.717) is 29.2 Å². The van der Waals surface area contributed by atoms with Crippen molar-refractivity contribution in [2.75, 3.05) is 16.8 Å². The first-order valence-corrected chi connectivity index (χ1v) is 10.1. The van der Waals surface area contributed by atoms with Crippen LogP contribution in [0.2, 0.25) is 5.02 Å². The van der Waals surface area contributed by atoms with Crippen LogP contribution in [0.15, 0.2) is 77.7 Å². The van der Waals surface area contributed by atoms with E-state index in [2.05, 4.69) is 10.4 Å². The number of aromatic nitrogens is 2. The zero-order valence-electron chi connectivity index (χ0n) is 16.3. The van der Waals surface area contributed by atoms with Crippen LogP contribution in [0.4, 0.5) is 11.4 Å². The first kappa shape index (κ1) is 19.1. The lowest BCUT2D eigenvalue weighted by Crippen LogP contribution is -2.28. The van der Waals surface area contributed by atoms with Crippen LogP contribution in [0.1, 0.15) is 26.4 Å². The van der Waals surface area contributed by atoms with Crippen molar-refractivity contribution in [2.45, 2.75) is 6.42 Å². The van der Waals surface area contributed by atoms with Gasteiger partial charge in [-0.2, -0.15) is 5.10 Å². The molecule has 7 nitrogen and oxygen atoms in total. The summed E-state index contributed by atoms with van der Waals surface area (Å²) in [5, 5.41) is 7.81. The van der Waals surface area contributed by atoms with E-state index in [-0.39, 0.29) is 17.5 Å². The van der Waals surface area contributed by atoms with Gasteiger partial charge in [0, 0.05) is 29.1 Å². The van der Waals surface area contributed by atoms with Gasteiger partial charge in [-0.05, 0) is 60.5 Å². The molecule has 0 aliphatic carbocycles. The van der Waals surface area contributed by atoms with Crippen LogP contribution >= 0.6 is 11.6 Å². The van der Waals surface area contributed by atoms with Crippen LogP contribution < -0.4 is 10.2 Å². The second-order valence-corrected chi connectivity index (χ2v) is 7.58. The lowest BCUT2D eigenvalue weighted by molar-refractivity contribution is 0.0986. The molecule has 4 aromatic rings. The number of anilines is 2. The predicted molar refractivity (Wildman–Crippen MR) is 117 cm³/mol. The summed E-state index contributed by atoms with van der Waals surface area (Å²) in [6.45, 7) is 0.584. The molecule has 2 amide bonds. The maximum Gasteiger partial charge on any atom is 0.276 e. The second kappa shape index (κ2) is 7.77. The first-order valence-electron chi connectivity index (χ1n) is 9.68. The maximum atomic E-state index is 12.7. The zero-order chi connectivity index (χ0) is 21.4. The molecule has 1 N–H and O–H groups in total. The SMILES string of the molecule is O=C(Nc1ccc2c(c1)CCN2C(=O)c1ccoc1)c1ccn(-c2cccc(Cl)c2)n1. The largest absolute Gasteiger partial charge is 0.472 e. The summed E-state index contributed by atoms with van der Waals surface area (Å²) in [4.78, 5) is 27.0. The third kappa shape index (κ3) is 3.71. The number of carbonyl (C=O) groups excluding carboxylic acids is 2. The van der Waals surface area contributed by atoms with Crippen LogP contribution in [-0.4, -0.2) is 28.1 Å². The number of rotatable bonds is 4. The Balaban J connectivity index is 1.31. The highest BCUT2D eigenvalue weighted by atomic mass is 35.5. The summed E-state index contributed by atoms with van der Waals surface area (Å²) in [6.07, 6.45) is 5.35. The van der Waals surface area contributed by atoms with E-state index in [1.54, 1.807) is 46.1 Å². The molecule has 0 atom stereocenters. The molecule has 0 spiro atoms. The van der Waals surface area contributed by atoms with Crippen LogP contribution in [-0.2, 0) is 6.42 Å². The van der Waals surface area contributed by atoms with Gasteiger partial charge in [0.25, 0.3) is 11.8 Å². The number of halogens is 1. The summed E-state index contributed by atoms with van der Waals surface area (Å²) in [6, 6.07) is 16.1. The van der Waals surface area contributed by atoms with E-state index in [1.165, 1.54) is 12.5 Å². The maximum absolute atomic E-state index is 12.7. The number of hydrogen-bond donors (Lipinski definition) is 1. The number of nitrogens with one attached hydrogen (secondary N) is 1. The van der Waals surface area contributed by atoms with Gasteiger partial charge in [-0.15, -0.1) is 0 Å². The molecule has 3 heterocycles. The molecular weight excluding hydrogens is 416 g/mol. The number of hydrogen-bond acceptors (Lipinski definition) is 4. The zero-order valence-corrected chi connectivity index (χ0v) is 17.0. The van der Waals surface area contributed by atoms with E-state index >= 15 is 0 Å². The van der Waals surface area contributed by atoms with Gasteiger partial charge >= 0.3 is 0 Å². The number of amides is 2. The Kier molecular flexibility index (Phi) is 4.80.